The van der Waals surface area contributed by atoms with Crippen LogP contribution in [0.5, 0.6) is 0 Å². The molecule has 2 aliphatic heterocycles. The molecule has 2 fully saturated rings. The van der Waals surface area contributed by atoms with Crippen LogP contribution in [-0.4, -0.2) is 76.7 Å². The third kappa shape index (κ3) is 4.82. The Morgan fingerprint density at radius 1 is 0.941 bits per heavy atom. The summed E-state index contributed by atoms with van der Waals surface area (Å²) in [5.74, 6) is 1.67. The molecule has 0 N–H and O–H groups in total. The van der Waals surface area contributed by atoms with Gasteiger partial charge in [-0.15, -0.1) is 5.10 Å². The van der Waals surface area contributed by atoms with Crippen LogP contribution < -0.4 is 9.80 Å². The van der Waals surface area contributed by atoms with E-state index in [2.05, 4.69) is 54.6 Å². The van der Waals surface area contributed by atoms with Crippen molar-refractivity contribution < 1.29 is 4.74 Å². The fourth-order valence-corrected chi connectivity index (χ4v) is 4.69. The largest absolute Gasteiger partial charge is 0.378 e. The van der Waals surface area contributed by atoms with Gasteiger partial charge in [-0.2, -0.15) is 5.26 Å². The number of piperazine rings is 1. The number of hydrogen-bond acceptors (Lipinski definition) is 8. The molecule has 2 saturated heterocycles. The van der Waals surface area contributed by atoms with E-state index >= 15 is 0 Å². The molecule has 0 bridgehead atoms. The van der Waals surface area contributed by atoms with Gasteiger partial charge in [0, 0.05) is 45.5 Å². The first-order valence-electron chi connectivity index (χ1n) is 11.6. The molecule has 0 atom stereocenters. The average molecular weight is 477 g/mol. The third-order valence-corrected chi connectivity index (χ3v) is 6.72. The lowest BCUT2D eigenvalue weighted by Gasteiger charge is -2.35. The summed E-state index contributed by atoms with van der Waals surface area (Å²) < 4.78 is 10.4. The average Bonchev–Trinajstić information content (AvgIpc) is 3.20. The maximum Gasteiger partial charge on any atom is 0.226 e. The first-order valence-corrected chi connectivity index (χ1v) is 12.0. The van der Waals surface area contributed by atoms with Gasteiger partial charge in [-0.05, 0) is 29.9 Å². The number of nitriles is 1. The molecular weight excluding hydrogens is 448 g/mol. The van der Waals surface area contributed by atoms with Gasteiger partial charge in [0.25, 0.3) is 0 Å². The van der Waals surface area contributed by atoms with Crippen LogP contribution in [0.2, 0.25) is 0 Å². The van der Waals surface area contributed by atoms with Crippen LogP contribution in [0.4, 0.5) is 11.8 Å². The number of nitrogens with zero attached hydrogens (tertiary/aromatic N) is 8. The zero-order valence-electron chi connectivity index (χ0n) is 19.1. The number of morpholine rings is 1. The highest BCUT2D eigenvalue weighted by atomic mass is 32.1. The molecule has 0 saturated carbocycles. The molecule has 0 unspecified atom stereocenters. The zero-order valence-corrected chi connectivity index (χ0v) is 19.9. The highest BCUT2D eigenvalue weighted by Crippen LogP contribution is 2.20. The van der Waals surface area contributed by atoms with Gasteiger partial charge < -0.3 is 14.5 Å². The molecule has 176 valence electrons. The molecule has 0 radical (unpaired) electrons. The lowest BCUT2D eigenvalue weighted by molar-refractivity contribution is 0.121. The molecule has 2 aromatic heterocycles. The Hall–Kier alpha value is -3.26. The van der Waals surface area contributed by atoms with Crippen molar-refractivity contribution in [3.63, 3.8) is 0 Å². The maximum absolute atomic E-state index is 9.40. The minimum Gasteiger partial charge on any atom is -0.378 e. The molecule has 2 aliphatic rings. The van der Waals surface area contributed by atoms with Crippen molar-refractivity contribution in [3.05, 3.63) is 64.6 Å². The lowest BCUT2D eigenvalue weighted by Crippen LogP contribution is -2.47. The van der Waals surface area contributed by atoms with E-state index in [1.54, 1.807) is 12.3 Å². The Morgan fingerprint density at radius 2 is 1.71 bits per heavy atom. The number of benzene rings is 1. The number of aromatic nitrogens is 4. The Kier molecular flexibility index (Phi) is 6.85. The number of ether oxygens (including phenoxy) is 1. The van der Waals surface area contributed by atoms with Crippen LogP contribution in [0.25, 0.3) is 0 Å². The van der Waals surface area contributed by atoms with E-state index in [1.165, 1.54) is 5.56 Å². The fourth-order valence-electron chi connectivity index (χ4n) is 4.45. The second-order valence-electron chi connectivity index (χ2n) is 8.49. The standard InChI is InChI=1S/C24H28N8OS/c25-17-21-7-4-8-26-22(21)29-11-9-28(10-12-29)19-32-24(34)31(18-20-5-2-1-3-6-20)23(27-32)30-13-15-33-16-14-30/h1-8H,9-16,18-19H2. The van der Waals surface area contributed by atoms with Crippen molar-refractivity contribution >= 4 is 24.0 Å². The smallest absolute Gasteiger partial charge is 0.226 e. The van der Waals surface area contributed by atoms with Crippen molar-refractivity contribution in [1.29, 1.82) is 5.26 Å². The predicted octanol–water partition coefficient (Wildman–Crippen LogP) is 2.35. The molecule has 10 heteroatoms. The van der Waals surface area contributed by atoms with E-state index in [9.17, 15) is 5.26 Å². The highest BCUT2D eigenvalue weighted by Gasteiger charge is 2.24. The van der Waals surface area contributed by atoms with E-state index in [1.807, 2.05) is 16.8 Å². The van der Waals surface area contributed by atoms with Gasteiger partial charge in [-0.25, -0.2) is 9.67 Å². The minimum atomic E-state index is 0.618. The van der Waals surface area contributed by atoms with Crippen molar-refractivity contribution in [2.45, 2.75) is 13.2 Å². The summed E-state index contributed by atoms with van der Waals surface area (Å²) >= 11 is 5.90. The SMILES string of the molecule is N#Cc1cccnc1N1CCN(Cn2nc(N3CCOCC3)n(Cc3ccccc3)c2=S)CC1. The highest BCUT2D eigenvalue weighted by molar-refractivity contribution is 7.71. The van der Waals surface area contributed by atoms with Crippen LogP contribution in [0, 0.1) is 16.1 Å². The second kappa shape index (κ2) is 10.3. The van der Waals surface area contributed by atoms with Gasteiger partial charge >= 0.3 is 0 Å². The van der Waals surface area contributed by atoms with E-state index in [-0.39, 0.29) is 0 Å². The molecule has 3 aromatic rings. The van der Waals surface area contributed by atoms with Gasteiger partial charge in [0.15, 0.2) is 0 Å². The summed E-state index contributed by atoms with van der Waals surface area (Å²) in [5, 5.41) is 14.4. The Bertz CT molecular complexity index is 1200. The van der Waals surface area contributed by atoms with E-state index in [4.69, 9.17) is 22.1 Å². The molecular formula is C24H28N8OS. The van der Waals surface area contributed by atoms with Gasteiger partial charge in [0.1, 0.15) is 11.9 Å². The first kappa shape index (κ1) is 22.5. The number of hydrogen-bond donors (Lipinski definition) is 0. The number of rotatable bonds is 6. The van der Waals surface area contributed by atoms with Gasteiger partial charge in [0.05, 0.1) is 32.0 Å². The fraction of sp³-hybridized carbons (Fsp3) is 0.417. The molecule has 4 heterocycles. The molecule has 0 amide bonds. The van der Waals surface area contributed by atoms with Crippen molar-refractivity contribution in [2.75, 3.05) is 62.3 Å². The van der Waals surface area contributed by atoms with Gasteiger partial charge in [-0.1, -0.05) is 30.3 Å². The van der Waals surface area contributed by atoms with Crippen LogP contribution in [0.3, 0.4) is 0 Å². The monoisotopic (exact) mass is 476 g/mol. The van der Waals surface area contributed by atoms with Crippen molar-refractivity contribution in [3.8, 4) is 6.07 Å². The first-order chi connectivity index (χ1) is 16.7. The van der Waals surface area contributed by atoms with Crippen molar-refractivity contribution in [2.24, 2.45) is 0 Å². The van der Waals surface area contributed by atoms with Crippen LogP contribution in [-0.2, 0) is 18.0 Å². The molecule has 1 aromatic carbocycles. The maximum atomic E-state index is 9.40. The van der Waals surface area contributed by atoms with Gasteiger partial charge in [-0.3, -0.25) is 9.47 Å². The molecule has 5 rings (SSSR count). The predicted molar refractivity (Wildman–Crippen MR) is 132 cm³/mol. The zero-order chi connectivity index (χ0) is 23.3. The normalized spacial score (nSPS) is 17.0. The summed E-state index contributed by atoms with van der Waals surface area (Å²) in [7, 11) is 0. The summed E-state index contributed by atoms with van der Waals surface area (Å²) in [5.41, 5.74) is 1.82. The van der Waals surface area contributed by atoms with E-state index in [0.717, 1.165) is 55.8 Å². The summed E-state index contributed by atoms with van der Waals surface area (Å²) in [6, 6.07) is 16.2. The minimum absolute atomic E-state index is 0.618. The van der Waals surface area contributed by atoms with E-state index in [0.29, 0.717) is 32.0 Å². The van der Waals surface area contributed by atoms with Crippen LogP contribution in [0.1, 0.15) is 11.1 Å². The number of pyridine rings is 1. The molecule has 34 heavy (non-hydrogen) atoms. The summed E-state index contributed by atoms with van der Waals surface area (Å²) in [6.45, 7) is 7.66. The van der Waals surface area contributed by atoms with Gasteiger partial charge in [0.2, 0.25) is 10.7 Å². The lowest BCUT2D eigenvalue weighted by atomic mass is 10.2. The van der Waals surface area contributed by atoms with Crippen LogP contribution >= 0.6 is 12.2 Å². The molecule has 0 aliphatic carbocycles. The summed E-state index contributed by atoms with van der Waals surface area (Å²) in [4.78, 5) is 11.2. The third-order valence-electron chi connectivity index (χ3n) is 6.29. The number of anilines is 2. The van der Waals surface area contributed by atoms with Crippen LogP contribution in [0.15, 0.2) is 48.7 Å². The molecule has 9 nitrogen and oxygen atoms in total. The van der Waals surface area contributed by atoms with Crippen molar-refractivity contribution in [1.82, 2.24) is 24.2 Å². The molecule has 0 spiro atoms. The second-order valence-corrected chi connectivity index (χ2v) is 8.85. The van der Waals surface area contributed by atoms with E-state index < -0.39 is 0 Å². The topological polar surface area (TPSA) is 78.4 Å². The Morgan fingerprint density at radius 3 is 2.44 bits per heavy atom. The Balaban J connectivity index is 1.33. The summed E-state index contributed by atoms with van der Waals surface area (Å²) in [6.07, 6.45) is 1.74. The quantitative estimate of drug-likeness (QED) is 0.502. The Labute approximate surface area is 204 Å².